The van der Waals surface area contributed by atoms with Crippen LogP contribution in [0.25, 0.3) is 10.9 Å². The molecule has 3 aromatic carbocycles. The van der Waals surface area contributed by atoms with E-state index in [4.69, 9.17) is 4.74 Å². The molecule has 4 rings (SSSR count). The molecule has 0 fully saturated rings. The Morgan fingerprint density at radius 2 is 1.67 bits per heavy atom. The number of anilines is 1. The fourth-order valence-electron chi connectivity index (χ4n) is 3.06. The van der Waals surface area contributed by atoms with E-state index in [2.05, 4.69) is 10.3 Å². The Balaban J connectivity index is 1.47. The monoisotopic (exact) mass is 398 g/mol. The van der Waals surface area contributed by atoms with E-state index in [0.29, 0.717) is 16.8 Å². The Morgan fingerprint density at radius 3 is 2.43 bits per heavy atom. The van der Waals surface area contributed by atoms with E-state index >= 15 is 0 Å². The van der Waals surface area contributed by atoms with Crippen molar-refractivity contribution in [3.05, 3.63) is 106 Å². The predicted octanol–water partition coefficient (Wildman–Crippen LogP) is 4.31. The molecule has 1 amide bonds. The summed E-state index contributed by atoms with van der Waals surface area (Å²) in [5, 5.41) is 3.53. The van der Waals surface area contributed by atoms with E-state index < -0.39 is 11.5 Å². The lowest BCUT2D eigenvalue weighted by molar-refractivity contribution is 0.0733. The Hall–Kier alpha value is -4.19. The number of para-hydroxylation sites is 1. The standard InChI is InChI=1S/C24H18N2O4/c1-15-5-4-7-17(13-15)22(27)25-18-9-11-19(12-10-18)30-24(29)20-14-16-6-2-3-8-21(16)26-23(20)28/h2-14H,1H3,(H,25,27)(H,26,28). The molecular weight excluding hydrogens is 380 g/mol. The van der Waals surface area contributed by atoms with Crippen molar-refractivity contribution >= 4 is 28.5 Å². The average Bonchev–Trinajstić information content (AvgIpc) is 2.74. The topological polar surface area (TPSA) is 88.3 Å². The maximum absolute atomic E-state index is 12.4. The normalized spacial score (nSPS) is 10.6. The lowest BCUT2D eigenvalue weighted by Gasteiger charge is -2.08. The van der Waals surface area contributed by atoms with Gasteiger partial charge in [-0.2, -0.15) is 0 Å². The number of pyridine rings is 1. The summed E-state index contributed by atoms with van der Waals surface area (Å²) < 4.78 is 5.32. The number of H-pyrrole nitrogens is 1. The molecule has 0 aliphatic carbocycles. The van der Waals surface area contributed by atoms with Crippen molar-refractivity contribution in [1.29, 1.82) is 0 Å². The lowest BCUT2D eigenvalue weighted by atomic mass is 10.1. The average molecular weight is 398 g/mol. The highest BCUT2D eigenvalue weighted by Gasteiger charge is 2.14. The Morgan fingerprint density at radius 1 is 0.900 bits per heavy atom. The molecule has 0 aliphatic heterocycles. The Bertz CT molecular complexity index is 1310. The number of rotatable bonds is 4. The van der Waals surface area contributed by atoms with Gasteiger partial charge in [-0.3, -0.25) is 9.59 Å². The minimum absolute atomic E-state index is 0.0782. The van der Waals surface area contributed by atoms with E-state index in [-0.39, 0.29) is 17.2 Å². The molecule has 0 radical (unpaired) electrons. The van der Waals surface area contributed by atoms with Crippen LogP contribution in [-0.4, -0.2) is 16.9 Å². The van der Waals surface area contributed by atoms with Gasteiger partial charge < -0.3 is 15.0 Å². The summed E-state index contributed by atoms with van der Waals surface area (Å²) >= 11 is 0. The van der Waals surface area contributed by atoms with Gasteiger partial charge in [-0.05, 0) is 60.8 Å². The zero-order chi connectivity index (χ0) is 21.1. The zero-order valence-electron chi connectivity index (χ0n) is 16.1. The molecule has 6 heteroatoms. The lowest BCUT2D eigenvalue weighted by Crippen LogP contribution is -2.21. The second-order valence-corrected chi connectivity index (χ2v) is 6.84. The first-order valence-electron chi connectivity index (χ1n) is 9.32. The first-order chi connectivity index (χ1) is 14.5. The molecule has 148 valence electrons. The third kappa shape index (κ3) is 4.12. The Kier molecular flexibility index (Phi) is 5.13. The quantitative estimate of drug-likeness (QED) is 0.396. The number of aromatic nitrogens is 1. The maximum Gasteiger partial charge on any atom is 0.349 e. The molecule has 30 heavy (non-hydrogen) atoms. The van der Waals surface area contributed by atoms with Crippen molar-refractivity contribution in [3.8, 4) is 5.75 Å². The number of aromatic amines is 1. The van der Waals surface area contributed by atoms with Gasteiger partial charge >= 0.3 is 5.97 Å². The second kappa shape index (κ2) is 8.05. The third-order valence-electron chi connectivity index (χ3n) is 4.58. The number of esters is 1. The molecule has 0 saturated heterocycles. The molecule has 4 aromatic rings. The number of carbonyl (C=O) groups is 2. The summed E-state index contributed by atoms with van der Waals surface area (Å²) in [5.74, 6) is -0.717. The van der Waals surface area contributed by atoms with Gasteiger partial charge in [0.25, 0.3) is 11.5 Å². The molecule has 0 bridgehead atoms. The fourth-order valence-corrected chi connectivity index (χ4v) is 3.06. The van der Waals surface area contributed by atoms with Crippen LogP contribution in [-0.2, 0) is 0 Å². The number of hydrogen-bond donors (Lipinski definition) is 2. The van der Waals surface area contributed by atoms with E-state index in [1.54, 1.807) is 54.6 Å². The second-order valence-electron chi connectivity index (χ2n) is 6.84. The zero-order valence-corrected chi connectivity index (χ0v) is 16.1. The minimum Gasteiger partial charge on any atom is -0.423 e. The van der Waals surface area contributed by atoms with Gasteiger partial charge in [0.15, 0.2) is 0 Å². The van der Waals surface area contributed by atoms with Gasteiger partial charge in [0.2, 0.25) is 0 Å². The van der Waals surface area contributed by atoms with Crippen LogP contribution in [0.15, 0.2) is 83.7 Å². The van der Waals surface area contributed by atoms with Crippen LogP contribution < -0.4 is 15.6 Å². The maximum atomic E-state index is 12.4. The molecule has 0 unspecified atom stereocenters. The van der Waals surface area contributed by atoms with Crippen molar-refractivity contribution in [2.24, 2.45) is 0 Å². The van der Waals surface area contributed by atoms with Gasteiger partial charge in [0.05, 0.1) is 0 Å². The van der Waals surface area contributed by atoms with E-state index in [1.807, 2.05) is 25.1 Å². The summed E-state index contributed by atoms with van der Waals surface area (Å²) in [5.41, 5.74) is 2.17. The van der Waals surface area contributed by atoms with Gasteiger partial charge in [-0.15, -0.1) is 0 Å². The molecule has 6 nitrogen and oxygen atoms in total. The first-order valence-corrected chi connectivity index (χ1v) is 9.32. The van der Waals surface area contributed by atoms with Crippen LogP contribution >= 0.6 is 0 Å². The predicted molar refractivity (Wildman–Crippen MR) is 115 cm³/mol. The summed E-state index contributed by atoms with van der Waals surface area (Å²) in [6.45, 7) is 1.92. The molecule has 0 aliphatic rings. The summed E-state index contributed by atoms with van der Waals surface area (Å²) in [6.07, 6.45) is 0. The molecule has 2 N–H and O–H groups in total. The number of amides is 1. The highest BCUT2D eigenvalue weighted by Crippen LogP contribution is 2.18. The van der Waals surface area contributed by atoms with E-state index in [1.165, 1.54) is 6.07 Å². The fraction of sp³-hybridized carbons (Fsp3) is 0.0417. The van der Waals surface area contributed by atoms with Crippen LogP contribution in [0.3, 0.4) is 0 Å². The highest BCUT2D eigenvalue weighted by molar-refractivity contribution is 6.04. The smallest absolute Gasteiger partial charge is 0.349 e. The number of hydrogen-bond acceptors (Lipinski definition) is 4. The molecule has 0 spiro atoms. The number of benzene rings is 3. The molecule has 0 atom stereocenters. The number of aryl methyl sites for hydroxylation is 1. The van der Waals surface area contributed by atoms with Crippen LogP contribution in [0.2, 0.25) is 0 Å². The third-order valence-corrected chi connectivity index (χ3v) is 4.58. The van der Waals surface area contributed by atoms with Gasteiger partial charge in [0, 0.05) is 16.8 Å². The SMILES string of the molecule is Cc1cccc(C(=O)Nc2ccc(OC(=O)c3cc4ccccc4[nH]c3=O)cc2)c1. The summed E-state index contributed by atoms with van der Waals surface area (Å²) in [4.78, 5) is 39.6. The highest BCUT2D eigenvalue weighted by atomic mass is 16.5. The largest absolute Gasteiger partial charge is 0.423 e. The van der Waals surface area contributed by atoms with Crippen LogP contribution in [0, 0.1) is 6.92 Å². The van der Waals surface area contributed by atoms with Crippen molar-refractivity contribution in [2.45, 2.75) is 6.92 Å². The van der Waals surface area contributed by atoms with Crippen LogP contribution in [0.4, 0.5) is 5.69 Å². The number of carbonyl (C=O) groups excluding carboxylic acids is 2. The van der Waals surface area contributed by atoms with Gasteiger partial charge in [-0.1, -0.05) is 35.9 Å². The van der Waals surface area contributed by atoms with Crippen LogP contribution in [0.1, 0.15) is 26.3 Å². The molecule has 1 aromatic heterocycles. The van der Waals surface area contributed by atoms with Crippen LogP contribution in [0.5, 0.6) is 5.75 Å². The van der Waals surface area contributed by atoms with Gasteiger partial charge in [-0.25, -0.2) is 4.79 Å². The first kappa shape index (κ1) is 19.1. The minimum atomic E-state index is -0.751. The number of fused-ring (bicyclic) bond motifs is 1. The van der Waals surface area contributed by atoms with Crippen molar-refractivity contribution < 1.29 is 14.3 Å². The summed E-state index contributed by atoms with van der Waals surface area (Å²) in [6, 6.07) is 22.3. The summed E-state index contributed by atoms with van der Waals surface area (Å²) in [7, 11) is 0. The molecule has 0 saturated carbocycles. The van der Waals surface area contributed by atoms with E-state index in [0.717, 1.165) is 10.9 Å². The number of nitrogens with one attached hydrogen (secondary N) is 2. The van der Waals surface area contributed by atoms with Crippen molar-refractivity contribution in [2.75, 3.05) is 5.32 Å². The Labute approximate surface area is 172 Å². The number of ether oxygens (including phenoxy) is 1. The van der Waals surface area contributed by atoms with Crippen molar-refractivity contribution in [3.63, 3.8) is 0 Å². The van der Waals surface area contributed by atoms with Crippen molar-refractivity contribution in [1.82, 2.24) is 4.98 Å². The molecule has 1 heterocycles. The van der Waals surface area contributed by atoms with E-state index in [9.17, 15) is 14.4 Å². The molecular formula is C24H18N2O4. The van der Waals surface area contributed by atoms with Gasteiger partial charge in [0.1, 0.15) is 11.3 Å².